The topological polar surface area (TPSA) is 23.5 Å². The molecule has 0 amide bonds. The molecule has 0 heterocycles. The third kappa shape index (κ3) is 3.30. The van der Waals surface area contributed by atoms with Gasteiger partial charge >= 0.3 is 0 Å². The number of nitrogens with zero attached hydrogens (tertiary/aromatic N) is 1. The monoisotopic (exact) mass is 251 g/mol. The molecule has 1 N–H and O–H groups in total. The number of benzene rings is 1. The van der Waals surface area contributed by atoms with Gasteiger partial charge in [-0.2, -0.15) is 0 Å². The van der Waals surface area contributed by atoms with Gasteiger partial charge in [0.15, 0.2) is 0 Å². The Labute approximate surface area is 108 Å². The van der Waals surface area contributed by atoms with Crippen molar-refractivity contribution in [2.75, 3.05) is 13.6 Å². The maximum absolute atomic E-state index is 13.0. The summed E-state index contributed by atoms with van der Waals surface area (Å²) in [6, 6.07) is 4.90. The maximum atomic E-state index is 13.0. The van der Waals surface area contributed by atoms with Crippen molar-refractivity contribution in [1.82, 2.24) is 4.90 Å². The molecular formula is C15H22FNO. The SMILES string of the molecule is Cc1cc(F)ccc1CN(C)CC1(O)CCCC1. The Balaban J connectivity index is 1.96. The lowest BCUT2D eigenvalue weighted by atomic mass is 10.0. The summed E-state index contributed by atoms with van der Waals surface area (Å²) in [7, 11) is 2.01. The van der Waals surface area contributed by atoms with Crippen LogP contribution < -0.4 is 0 Å². The molecule has 0 spiro atoms. The quantitative estimate of drug-likeness (QED) is 0.889. The van der Waals surface area contributed by atoms with Crippen LogP contribution in [0.2, 0.25) is 0 Å². The highest BCUT2D eigenvalue weighted by molar-refractivity contribution is 5.26. The zero-order valence-electron chi connectivity index (χ0n) is 11.2. The van der Waals surface area contributed by atoms with E-state index in [2.05, 4.69) is 4.90 Å². The van der Waals surface area contributed by atoms with Gasteiger partial charge in [0.25, 0.3) is 0 Å². The van der Waals surface area contributed by atoms with Crippen molar-refractivity contribution in [3.8, 4) is 0 Å². The summed E-state index contributed by atoms with van der Waals surface area (Å²) < 4.78 is 13.0. The molecule has 1 aromatic rings. The molecule has 0 aliphatic heterocycles. The van der Waals surface area contributed by atoms with E-state index in [-0.39, 0.29) is 5.82 Å². The second kappa shape index (κ2) is 5.37. The summed E-state index contributed by atoms with van der Waals surface area (Å²) in [6.45, 7) is 3.38. The third-order valence-corrected chi connectivity index (χ3v) is 3.84. The van der Waals surface area contributed by atoms with Crippen LogP contribution in [-0.2, 0) is 6.54 Å². The average Bonchev–Trinajstić information content (AvgIpc) is 2.69. The number of hydrogen-bond acceptors (Lipinski definition) is 2. The highest BCUT2D eigenvalue weighted by Gasteiger charge is 2.32. The Hall–Kier alpha value is -0.930. The van der Waals surface area contributed by atoms with Gasteiger partial charge in [-0.3, -0.25) is 4.90 Å². The molecule has 2 rings (SSSR count). The lowest BCUT2D eigenvalue weighted by molar-refractivity contribution is 0.0145. The molecule has 1 aliphatic carbocycles. The van der Waals surface area contributed by atoms with Crippen molar-refractivity contribution in [1.29, 1.82) is 0 Å². The van der Waals surface area contributed by atoms with Crippen molar-refractivity contribution < 1.29 is 9.50 Å². The molecule has 1 aliphatic rings. The fraction of sp³-hybridized carbons (Fsp3) is 0.600. The molecule has 0 saturated heterocycles. The van der Waals surface area contributed by atoms with Crippen LogP contribution in [-0.4, -0.2) is 29.2 Å². The van der Waals surface area contributed by atoms with Gasteiger partial charge in [0.05, 0.1) is 5.60 Å². The van der Waals surface area contributed by atoms with Gasteiger partial charge in [-0.1, -0.05) is 18.9 Å². The fourth-order valence-corrected chi connectivity index (χ4v) is 2.88. The van der Waals surface area contributed by atoms with Crippen molar-refractivity contribution in [3.63, 3.8) is 0 Å². The first kappa shape index (κ1) is 13.5. The average molecular weight is 251 g/mol. The summed E-state index contributed by atoms with van der Waals surface area (Å²) in [5, 5.41) is 10.4. The van der Waals surface area contributed by atoms with Crippen LogP contribution >= 0.6 is 0 Å². The van der Waals surface area contributed by atoms with E-state index in [4.69, 9.17) is 0 Å². The number of aliphatic hydroxyl groups is 1. The molecule has 18 heavy (non-hydrogen) atoms. The van der Waals surface area contributed by atoms with Crippen LogP contribution in [0.3, 0.4) is 0 Å². The molecule has 100 valence electrons. The van der Waals surface area contributed by atoms with E-state index < -0.39 is 5.60 Å². The molecule has 1 saturated carbocycles. The minimum absolute atomic E-state index is 0.187. The van der Waals surface area contributed by atoms with Crippen molar-refractivity contribution in [3.05, 3.63) is 35.1 Å². The summed E-state index contributed by atoms with van der Waals surface area (Å²) >= 11 is 0. The Morgan fingerprint density at radius 3 is 2.61 bits per heavy atom. The molecule has 0 atom stereocenters. The summed E-state index contributed by atoms with van der Waals surface area (Å²) in [5.41, 5.74) is 1.59. The van der Waals surface area contributed by atoms with Gasteiger partial charge < -0.3 is 5.11 Å². The largest absolute Gasteiger partial charge is 0.389 e. The molecule has 1 fully saturated rings. The number of hydrogen-bond donors (Lipinski definition) is 1. The number of likely N-dealkylation sites (N-methyl/N-ethyl adjacent to an activating group) is 1. The van der Waals surface area contributed by atoms with Gasteiger partial charge in [0.1, 0.15) is 5.82 Å². The first-order valence-corrected chi connectivity index (χ1v) is 6.64. The summed E-state index contributed by atoms with van der Waals surface area (Å²) in [6.07, 6.45) is 4.05. The minimum atomic E-state index is -0.511. The van der Waals surface area contributed by atoms with Crippen LogP contribution in [0.5, 0.6) is 0 Å². The van der Waals surface area contributed by atoms with E-state index >= 15 is 0 Å². The molecule has 1 aromatic carbocycles. The van der Waals surface area contributed by atoms with E-state index in [1.165, 1.54) is 6.07 Å². The number of aryl methyl sites for hydroxylation is 1. The van der Waals surface area contributed by atoms with Crippen LogP contribution in [0.25, 0.3) is 0 Å². The molecule has 3 heteroatoms. The van der Waals surface area contributed by atoms with Gasteiger partial charge in [0, 0.05) is 13.1 Å². The lowest BCUT2D eigenvalue weighted by Crippen LogP contribution is -2.38. The van der Waals surface area contributed by atoms with Crippen LogP contribution in [0, 0.1) is 12.7 Å². The van der Waals surface area contributed by atoms with Crippen molar-refractivity contribution in [2.24, 2.45) is 0 Å². The molecule has 0 bridgehead atoms. The first-order chi connectivity index (χ1) is 8.48. The predicted octanol–water partition coefficient (Wildman–Crippen LogP) is 2.87. The van der Waals surface area contributed by atoms with Gasteiger partial charge in [-0.15, -0.1) is 0 Å². The minimum Gasteiger partial charge on any atom is -0.389 e. The molecule has 0 aromatic heterocycles. The van der Waals surface area contributed by atoms with Crippen molar-refractivity contribution >= 4 is 0 Å². The summed E-state index contributed by atoms with van der Waals surface area (Å²) in [5.74, 6) is -0.187. The van der Waals surface area contributed by atoms with Crippen LogP contribution in [0.15, 0.2) is 18.2 Å². The lowest BCUT2D eigenvalue weighted by Gasteiger charge is -2.29. The molecule has 2 nitrogen and oxygen atoms in total. The van der Waals surface area contributed by atoms with Gasteiger partial charge in [-0.25, -0.2) is 4.39 Å². The zero-order valence-corrected chi connectivity index (χ0v) is 11.2. The fourth-order valence-electron chi connectivity index (χ4n) is 2.88. The van der Waals surface area contributed by atoms with Crippen LogP contribution in [0.4, 0.5) is 4.39 Å². The molecule has 0 radical (unpaired) electrons. The third-order valence-electron chi connectivity index (χ3n) is 3.84. The Kier molecular flexibility index (Phi) is 4.03. The normalized spacial score (nSPS) is 18.5. The first-order valence-electron chi connectivity index (χ1n) is 6.64. The zero-order chi connectivity index (χ0) is 13.2. The Morgan fingerprint density at radius 2 is 2.00 bits per heavy atom. The second-order valence-electron chi connectivity index (χ2n) is 5.67. The Bertz CT molecular complexity index is 413. The Morgan fingerprint density at radius 1 is 1.33 bits per heavy atom. The number of halogens is 1. The molecular weight excluding hydrogens is 229 g/mol. The van der Waals surface area contributed by atoms with Crippen LogP contribution in [0.1, 0.15) is 36.8 Å². The second-order valence-corrected chi connectivity index (χ2v) is 5.67. The van der Waals surface area contributed by atoms with E-state index in [1.807, 2.05) is 20.0 Å². The highest BCUT2D eigenvalue weighted by Crippen LogP contribution is 2.30. The van der Waals surface area contributed by atoms with Gasteiger partial charge in [-0.05, 0) is 50.1 Å². The maximum Gasteiger partial charge on any atom is 0.123 e. The van der Waals surface area contributed by atoms with Gasteiger partial charge in [0.2, 0.25) is 0 Å². The van der Waals surface area contributed by atoms with E-state index in [0.717, 1.165) is 43.4 Å². The number of rotatable bonds is 4. The van der Waals surface area contributed by atoms with E-state index in [0.29, 0.717) is 6.54 Å². The molecule has 0 unspecified atom stereocenters. The smallest absolute Gasteiger partial charge is 0.123 e. The van der Waals surface area contributed by atoms with E-state index in [9.17, 15) is 9.50 Å². The van der Waals surface area contributed by atoms with Crippen molar-refractivity contribution in [2.45, 2.75) is 44.8 Å². The standard InChI is InChI=1S/C15H22FNO/c1-12-9-14(16)6-5-13(12)10-17(2)11-15(18)7-3-4-8-15/h5-6,9,18H,3-4,7-8,10-11H2,1-2H3. The predicted molar refractivity (Wildman–Crippen MR) is 70.9 cm³/mol. The highest BCUT2D eigenvalue weighted by atomic mass is 19.1. The van der Waals surface area contributed by atoms with E-state index in [1.54, 1.807) is 6.07 Å². The summed E-state index contributed by atoms with van der Waals surface area (Å²) in [4.78, 5) is 2.13.